The van der Waals surface area contributed by atoms with E-state index >= 15 is 0 Å². The van der Waals surface area contributed by atoms with Gasteiger partial charge in [0.25, 0.3) is 0 Å². The van der Waals surface area contributed by atoms with Crippen molar-refractivity contribution in [2.24, 2.45) is 0 Å². The first kappa shape index (κ1) is 12.7. The number of halogens is 1. The van der Waals surface area contributed by atoms with Crippen molar-refractivity contribution in [3.8, 4) is 0 Å². The van der Waals surface area contributed by atoms with E-state index in [2.05, 4.69) is 4.90 Å². The summed E-state index contributed by atoms with van der Waals surface area (Å²) in [5, 5.41) is 0.702. The molecule has 0 N–H and O–H groups in total. The highest BCUT2D eigenvalue weighted by Gasteiger charge is 2.23. The van der Waals surface area contributed by atoms with E-state index in [1.807, 2.05) is 24.3 Å². The molecule has 6 heteroatoms. The Kier molecular flexibility index (Phi) is 3.61. The van der Waals surface area contributed by atoms with Crippen LogP contribution in [0.25, 0.3) is 0 Å². The molecule has 0 atom stereocenters. The quantitative estimate of drug-likeness (QED) is 0.819. The Morgan fingerprint density at radius 2 is 1.82 bits per heavy atom. The zero-order valence-electron chi connectivity index (χ0n) is 9.63. The van der Waals surface area contributed by atoms with Gasteiger partial charge in [0.1, 0.15) is 0 Å². The molecule has 0 aliphatic carbocycles. The van der Waals surface area contributed by atoms with Crippen LogP contribution in [0.1, 0.15) is 0 Å². The van der Waals surface area contributed by atoms with Crippen LogP contribution in [0.15, 0.2) is 24.3 Å². The van der Waals surface area contributed by atoms with Gasteiger partial charge in [0.05, 0.1) is 6.26 Å². The molecule has 0 bridgehead atoms. The minimum atomic E-state index is -3.06. The van der Waals surface area contributed by atoms with Crippen molar-refractivity contribution in [3.63, 3.8) is 0 Å². The van der Waals surface area contributed by atoms with E-state index < -0.39 is 10.0 Å². The van der Waals surface area contributed by atoms with Crippen LogP contribution in [0, 0.1) is 0 Å². The highest BCUT2D eigenvalue weighted by Crippen LogP contribution is 2.21. The number of hydrogen-bond donors (Lipinski definition) is 0. The molecule has 1 aromatic rings. The summed E-state index contributed by atoms with van der Waals surface area (Å²) in [4.78, 5) is 2.15. The van der Waals surface area contributed by atoms with Crippen LogP contribution in [0.2, 0.25) is 5.02 Å². The molecule has 1 heterocycles. The maximum absolute atomic E-state index is 11.4. The van der Waals surface area contributed by atoms with Gasteiger partial charge in [-0.15, -0.1) is 0 Å². The number of hydrogen-bond acceptors (Lipinski definition) is 3. The van der Waals surface area contributed by atoms with Crippen molar-refractivity contribution in [2.75, 3.05) is 37.3 Å². The van der Waals surface area contributed by atoms with Gasteiger partial charge in [0.15, 0.2) is 0 Å². The third-order valence-electron chi connectivity index (χ3n) is 2.88. The minimum absolute atomic E-state index is 0.533. The largest absolute Gasteiger partial charge is 0.369 e. The van der Waals surface area contributed by atoms with Crippen molar-refractivity contribution in [1.82, 2.24) is 4.31 Å². The molecule has 0 radical (unpaired) electrons. The van der Waals surface area contributed by atoms with Crippen LogP contribution in [-0.4, -0.2) is 45.2 Å². The minimum Gasteiger partial charge on any atom is -0.369 e. The van der Waals surface area contributed by atoms with Gasteiger partial charge in [-0.1, -0.05) is 17.7 Å². The molecule has 17 heavy (non-hydrogen) atoms. The predicted molar refractivity (Wildman–Crippen MR) is 70.1 cm³/mol. The summed E-state index contributed by atoms with van der Waals surface area (Å²) in [5.74, 6) is 0. The van der Waals surface area contributed by atoms with Gasteiger partial charge in [-0.2, -0.15) is 4.31 Å². The van der Waals surface area contributed by atoms with Gasteiger partial charge in [-0.25, -0.2) is 8.42 Å². The van der Waals surface area contributed by atoms with Crippen LogP contribution in [-0.2, 0) is 10.0 Å². The van der Waals surface area contributed by atoms with Gasteiger partial charge in [0, 0.05) is 36.9 Å². The molecule has 1 aliphatic rings. The fraction of sp³-hybridized carbons (Fsp3) is 0.455. The lowest BCUT2D eigenvalue weighted by atomic mass is 10.2. The van der Waals surface area contributed by atoms with Gasteiger partial charge in [0.2, 0.25) is 10.0 Å². The molecule has 1 saturated heterocycles. The molecular weight excluding hydrogens is 260 g/mol. The molecule has 0 saturated carbocycles. The van der Waals surface area contributed by atoms with Crippen LogP contribution < -0.4 is 4.90 Å². The van der Waals surface area contributed by atoms with Crippen molar-refractivity contribution in [3.05, 3.63) is 29.3 Å². The highest BCUT2D eigenvalue weighted by atomic mass is 35.5. The first-order valence-electron chi connectivity index (χ1n) is 5.42. The number of anilines is 1. The topological polar surface area (TPSA) is 40.6 Å². The second-order valence-corrected chi connectivity index (χ2v) is 6.55. The van der Waals surface area contributed by atoms with Gasteiger partial charge < -0.3 is 4.90 Å². The van der Waals surface area contributed by atoms with E-state index in [4.69, 9.17) is 11.6 Å². The van der Waals surface area contributed by atoms with E-state index in [0.717, 1.165) is 5.69 Å². The zero-order chi connectivity index (χ0) is 12.5. The Bertz CT molecular complexity index is 496. The maximum atomic E-state index is 11.4. The number of benzene rings is 1. The molecule has 1 aromatic carbocycles. The normalized spacial score (nSPS) is 18.4. The summed E-state index contributed by atoms with van der Waals surface area (Å²) >= 11 is 5.93. The second-order valence-electron chi connectivity index (χ2n) is 4.13. The molecule has 1 aliphatic heterocycles. The Hall–Kier alpha value is -0.780. The highest BCUT2D eigenvalue weighted by molar-refractivity contribution is 7.88. The van der Waals surface area contributed by atoms with Gasteiger partial charge >= 0.3 is 0 Å². The van der Waals surface area contributed by atoms with Crippen molar-refractivity contribution < 1.29 is 8.42 Å². The molecule has 94 valence electrons. The van der Waals surface area contributed by atoms with E-state index in [9.17, 15) is 8.42 Å². The lowest BCUT2D eigenvalue weighted by molar-refractivity contribution is 0.388. The van der Waals surface area contributed by atoms with E-state index in [1.165, 1.54) is 10.6 Å². The Balaban J connectivity index is 2.05. The summed E-state index contributed by atoms with van der Waals surface area (Å²) in [6.45, 7) is 2.47. The average molecular weight is 275 g/mol. The Labute approximate surface area is 107 Å². The molecule has 2 rings (SSSR count). The van der Waals surface area contributed by atoms with E-state index in [1.54, 1.807) is 0 Å². The number of nitrogens with zero attached hydrogens (tertiary/aromatic N) is 2. The SMILES string of the molecule is CS(=O)(=O)N1CCN(c2cccc(Cl)c2)CC1. The van der Waals surface area contributed by atoms with Crippen LogP contribution >= 0.6 is 11.6 Å². The lowest BCUT2D eigenvalue weighted by Gasteiger charge is -2.34. The molecule has 1 fully saturated rings. The van der Waals surface area contributed by atoms with Crippen molar-refractivity contribution in [2.45, 2.75) is 0 Å². The molecule has 0 unspecified atom stereocenters. The molecular formula is C11H15ClN2O2S. The zero-order valence-corrected chi connectivity index (χ0v) is 11.2. The van der Waals surface area contributed by atoms with Gasteiger partial charge in [-0.3, -0.25) is 0 Å². The summed E-state index contributed by atoms with van der Waals surface area (Å²) in [6, 6.07) is 7.62. The number of rotatable bonds is 2. The Morgan fingerprint density at radius 1 is 1.18 bits per heavy atom. The first-order valence-corrected chi connectivity index (χ1v) is 7.65. The third kappa shape index (κ3) is 3.12. The monoisotopic (exact) mass is 274 g/mol. The fourth-order valence-corrected chi connectivity index (χ4v) is 2.96. The number of piperazine rings is 1. The Morgan fingerprint density at radius 3 is 2.35 bits per heavy atom. The maximum Gasteiger partial charge on any atom is 0.211 e. The van der Waals surface area contributed by atoms with Gasteiger partial charge in [-0.05, 0) is 18.2 Å². The smallest absolute Gasteiger partial charge is 0.211 e. The van der Waals surface area contributed by atoms with Crippen molar-refractivity contribution >= 4 is 27.3 Å². The summed E-state index contributed by atoms with van der Waals surface area (Å²) in [5.41, 5.74) is 1.05. The van der Waals surface area contributed by atoms with Crippen molar-refractivity contribution in [1.29, 1.82) is 0 Å². The average Bonchev–Trinajstić information content (AvgIpc) is 2.28. The van der Waals surface area contributed by atoms with E-state index in [0.29, 0.717) is 31.2 Å². The summed E-state index contributed by atoms with van der Waals surface area (Å²) in [6.07, 6.45) is 1.25. The summed E-state index contributed by atoms with van der Waals surface area (Å²) in [7, 11) is -3.06. The number of sulfonamides is 1. The predicted octanol–water partition coefficient (Wildman–Crippen LogP) is 1.42. The van der Waals surface area contributed by atoms with Crippen LogP contribution in [0.4, 0.5) is 5.69 Å². The molecule has 0 aromatic heterocycles. The van der Waals surface area contributed by atoms with Crippen LogP contribution in [0.3, 0.4) is 0 Å². The standard InChI is InChI=1S/C11H15ClN2O2S/c1-17(15,16)14-7-5-13(6-8-14)11-4-2-3-10(12)9-11/h2-4,9H,5-8H2,1H3. The lowest BCUT2D eigenvalue weighted by Crippen LogP contribution is -2.48. The third-order valence-corrected chi connectivity index (χ3v) is 4.42. The second kappa shape index (κ2) is 4.84. The first-order chi connectivity index (χ1) is 7.97. The van der Waals surface area contributed by atoms with E-state index in [-0.39, 0.29) is 0 Å². The summed E-state index contributed by atoms with van der Waals surface area (Å²) < 4.78 is 24.2. The fourth-order valence-electron chi connectivity index (χ4n) is 1.95. The van der Waals surface area contributed by atoms with Crippen LogP contribution in [0.5, 0.6) is 0 Å². The molecule has 0 spiro atoms. The molecule has 4 nitrogen and oxygen atoms in total. The molecule has 0 amide bonds.